The molecule has 0 saturated carbocycles. The van der Waals surface area contributed by atoms with E-state index in [1.807, 2.05) is 18.5 Å². The van der Waals surface area contributed by atoms with Gasteiger partial charge in [-0.3, -0.25) is 4.79 Å². The summed E-state index contributed by atoms with van der Waals surface area (Å²) in [6.07, 6.45) is 4.70. The highest BCUT2D eigenvalue weighted by Gasteiger charge is 2.16. The number of nitrogens with one attached hydrogen (secondary N) is 3. The molecule has 4 aromatic rings. The fourth-order valence-corrected chi connectivity index (χ4v) is 3.49. The summed E-state index contributed by atoms with van der Waals surface area (Å²) in [6.45, 7) is 0.448. The number of H-pyrrole nitrogens is 2. The van der Waals surface area contributed by atoms with E-state index in [2.05, 4.69) is 15.3 Å². The van der Waals surface area contributed by atoms with E-state index in [1.54, 1.807) is 30.3 Å². The lowest BCUT2D eigenvalue weighted by Crippen LogP contribution is -2.42. The van der Waals surface area contributed by atoms with Crippen LogP contribution >= 0.6 is 0 Å². The lowest BCUT2D eigenvalue weighted by atomic mass is 10.0. The maximum absolute atomic E-state index is 12.4. The predicted octanol–water partition coefficient (Wildman–Crippen LogP) is 2.29. The number of benzene rings is 2. The maximum Gasteiger partial charge on any atom is 0.237 e. The van der Waals surface area contributed by atoms with Crippen LogP contribution in [0, 0.1) is 0 Å². The standard InChI is InChI=1S/C21H22N4O3/c22-18(7-13-11-25-20-4-2-15(27)9-17(13)20)21(28)23-6-5-12-10-24-19-3-1-14(26)8-16(12)19/h1-4,8-11,18,24-27H,5-7,22H2,(H,23,28)/t18-/m0/s1. The molecule has 0 unspecified atom stereocenters. The van der Waals surface area contributed by atoms with Crippen molar-refractivity contribution in [3.63, 3.8) is 0 Å². The Morgan fingerprint density at radius 3 is 2.18 bits per heavy atom. The van der Waals surface area contributed by atoms with E-state index in [1.165, 1.54) is 0 Å². The van der Waals surface area contributed by atoms with E-state index < -0.39 is 6.04 Å². The molecule has 0 spiro atoms. The van der Waals surface area contributed by atoms with Crippen LogP contribution in [0.4, 0.5) is 0 Å². The maximum atomic E-state index is 12.4. The van der Waals surface area contributed by atoms with Crippen LogP contribution in [0.1, 0.15) is 11.1 Å². The summed E-state index contributed by atoms with van der Waals surface area (Å²) in [5.74, 6) is 0.164. The van der Waals surface area contributed by atoms with Crippen LogP contribution in [-0.2, 0) is 17.6 Å². The average Bonchev–Trinajstić information content (AvgIpc) is 3.25. The Hall–Kier alpha value is -3.45. The number of rotatable bonds is 6. The summed E-state index contributed by atoms with van der Waals surface area (Å²) in [7, 11) is 0. The second kappa shape index (κ2) is 7.28. The van der Waals surface area contributed by atoms with Crippen molar-refractivity contribution in [2.45, 2.75) is 18.9 Å². The molecule has 7 N–H and O–H groups in total. The number of phenolic OH excluding ortho intramolecular Hbond substituents is 2. The van der Waals surface area contributed by atoms with Gasteiger partial charge in [-0.2, -0.15) is 0 Å². The third-order valence-electron chi connectivity index (χ3n) is 4.97. The third-order valence-corrected chi connectivity index (χ3v) is 4.97. The van der Waals surface area contributed by atoms with Crippen molar-refractivity contribution >= 4 is 27.7 Å². The van der Waals surface area contributed by atoms with E-state index in [4.69, 9.17) is 5.73 Å². The van der Waals surface area contributed by atoms with Crippen molar-refractivity contribution in [3.8, 4) is 11.5 Å². The smallest absolute Gasteiger partial charge is 0.237 e. The monoisotopic (exact) mass is 378 g/mol. The van der Waals surface area contributed by atoms with Crippen LogP contribution in [0.2, 0.25) is 0 Å². The molecule has 0 saturated heterocycles. The van der Waals surface area contributed by atoms with Gasteiger partial charge in [0.05, 0.1) is 6.04 Å². The molecule has 4 rings (SSSR count). The van der Waals surface area contributed by atoms with Gasteiger partial charge in [0.2, 0.25) is 5.91 Å². The van der Waals surface area contributed by atoms with Gasteiger partial charge in [-0.15, -0.1) is 0 Å². The third kappa shape index (κ3) is 3.52. The van der Waals surface area contributed by atoms with Gasteiger partial charge in [-0.1, -0.05) is 0 Å². The number of nitrogens with two attached hydrogens (primary N) is 1. The molecule has 2 heterocycles. The Balaban J connectivity index is 1.36. The number of hydrogen-bond acceptors (Lipinski definition) is 4. The first-order valence-electron chi connectivity index (χ1n) is 9.12. The van der Waals surface area contributed by atoms with E-state index in [0.717, 1.165) is 32.9 Å². The van der Waals surface area contributed by atoms with Gasteiger partial charge in [-0.05, 0) is 60.4 Å². The van der Waals surface area contributed by atoms with Crippen molar-refractivity contribution in [1.82, 2.24) is 15.3 Å². The minimum absolute atomic E-state index is 0.177. The summed E-state index contributed by atoms with van der Waals surface area (Å²) in [5, 5.41) is 24.0. The number of amides is 1. The molecule has 0 aliphatic heterocycles. The van der Waals surface area contributed by atoms with Crippen LogP contribution in [0.25, 0.3) is 21.8 Å². The molecule has 7 nitrogen and oxygen atoms in total. The second-order valence-electron chi connectivity index (χ2n) is 6.94. The molecule has 7 heteroatoms. The van der Waals surface area contributed by atoms with Crippen LogP contribution in [0.5, 0.6) is 11.5 Å². The van der Waals surface area contributed by atoms with E-state index in [-0.39, 0.29) is 17.4 Å². The highest BCUT2D eigenvalue weighted by molar-refractivity contribution is 5.87. The van der Waals surface area contributed by atoms with Crippen LogP contribution in [-0.4, -0.2) is 38.7 Å². The summed E-state index contributed by atoms with van der Waals surface area (Å²) in [6, 6.07) is 9.54. The lowest BCUT2D eigenvalue weighted by Gasteiger charge is -2.12. The van der Waals surface area contributed by atoms with Crippen LogP contribution < -0.4 is 11.1 Å². The highest BCUT2D eigenvalue weighted by Crippen LogP contribution is 2.24. The molecule has 28 heavy (non-hydrogen) atoms. The molecule has 144 valence electrons. The molecule has 0 radical (unpaired) electrons. The van der Waals surface area contributed by atoms with E-state index >= 15 is 0 Å². The Kier molecular flexibility index (Phi) is 4.67. The van der Waals surface area contributed by atoms with Gasteiger partial charge < -0.3 is 31.2 Å². The zero-order valence-corrected chi connectivity index (χ0v) is 15.2. The van der Waals surface area contributed by atoms with Crippen molar-refractivity contribution in [2.24, 2.45) is 5.73 Å². The number of fused-ring (bicyclic) bond motifs is 2. The first-order valence-corrected chi connectivity index (χ1v) is 9.12. The number of aromatic amines is 2. The van der Waals surface area contributed by atoms with Gasteiger partial charge in [0.15, 0.2) is 0 Å². The molecule has 0 bridgehead atoms. The van der Waals surface area contributed by atoms with Crippen molar-refractivity contribution in [2.75, 3.05) is 6.54 Å². The van der Waals surface area contributed by atoms with E-state index in [0.29, 0.717) is 19.4 Å². The van der Waals surface area contributed by atoms with Crippen molar-refractivity contribution in [3.05, 3.63) is 59.9 Å². The quantitative estimate of drug-likeness (QED) is 0.308. The Bertz CT molecular complexity index is 1150. The summed E-state index contributed by atoms with van der Waals surface area (Å²) >= 11 is 0. The van der Waals surface area contributed by atoms with Gasteiger partial charge in [0.25, 0.3) is 0 Å². The normalized spacial score (nSPS) is 12.5. The van der Waals surface area contributed by atoms with Gasteiger partial charge in [-0.25, -0.2) is 0 Å². The Labute approximate surface area is 161 Å². The van der Waals surface area contributed by atoms with Crippen LogP contribution in [0.15, 0.2) is 48.8 Å². The Morgan fingerprint density at radius 2 is 1.54 bits per heavy atom. The summed E-state index contributed by atoms with van der Waals surface area (Å²) in [5.41, 5.74) is 9.82. The first-order chi connectivity index (χ1) is 13.5. The molecule has 0 aliphatic carbocycles. The molecular formula is C21H22N4O3. The minimum atomic E-state index is -0.687. The molecule has 1 atom stereocenters. The van der Waals surface area contributed by atoms with Gasteiger partial charge in [0.1, 0.15) is 11.5 Å². The van der Waals surface area contributed by atoms with Crippen molar-refractivity contribution in [1.29, 1.82) is 0 Å². The molecule has 0 fully saturated rings. The first kappa shape index (κ1) is 17.9. The van der Waals surface area contributed by atoms with Gasteiger partial charge >= 0.3 is 0 Å². The Morgan fingerprint density at radius 1 is 0.964 bits per heavy atom. The molecule has 2 aromatic heterocycles. The number of aromatic nitrogens is 2. The van der Waals surface area contributed by atoms with Crippen LogP contribution in [0.3, 0.4) is 0 Å². The second-order valence-corrected chi connectivity index (χ2v) is 6.94. The molecule has 1 amide bonds. The lowest BCUT2D eigenvalue weighted by molar-refractivity contribution is -0.122. The fraction of sp³-hybridized carbons (Fsp3) is 0.190. The zero-order chi connectivity index (χ0) is 19.7. The molecule has 0 aliphatic rings. The largest absolute Gasteiger partial charge is 0.508 e. The predicted molar refractivity (Wildman–Crippen MR) is 108 cm³/mol. The minimum Gasteiger partial charge on any atom is -0.508 e. The number of carbonyl (C=O) groups is 1. The molecule has 2 aromatic carbocycles. The van der Waals surface area contributed by atoms with Crippen molar-refractivity contribution < 1.29 is 15.0 Å². The number of phenols is 2. The molecular weight excluding hydrogens is 356 g/mol. The number of carbonyl (C=O) groups excluding carboxylic acids is 1. The number of aromatic hydroxyl groups is 2. The SMILES string of the molecule is N[C@@H](Cc1c[nH]c2ccc(O)cc12)C(=O)NCCc1c[nH]c2ccc(O)cc12. The highest BCUT2D eigenvalue weighted by atomic mass is 16.3. The summed E-state index contributed by atoms with van der Waals surface area (Å²) in [4.78, 5) is 18.7. The average molecular weight is 378 g/mol. The zero-order valence-electron chi connectivity index (χ0n) is 15.2. The topological polar surface area (TPSA) is 127 Å². The van der Waals surface area contributed by atoms with E-state index in [9.17, 15) is 15.0 Å². The summed E-state index contributed by atoms with van der Waals surface area (Å²) < 4.78 is 0. The fourth-order valence-electron chi connectivity index (χ4n) is 3.49. The number of hydrogen-bond donors (Lipinski definition) is 6. The van der Waals surface area contributed by atoms with Gasteiger partial charge in [0, 0.05) is 40.7 Å².